The van der Waals surface area contributed by atoms with Crippen molar-refractivity contribution in [2.75, 3.05) is 26.2 Å². The predicted molar refractivity (Wildman–Crippen MR) is 65.0 cm³/mol. The molecule has 1 aliphatic heterocycles. The molecule has 0 radical (unpaired) electrons. The molecular weight excluding hydrogens is 184 g/mol. The quantitative estimate of drug-likeness (QED) is 0.695. The first-order valence-electron chi connectivity index (χ1n) is 6.36. The molecule has 1 atom stereocenters. The van der Waals surface area contributed by atoms with E-state index in [0.717, 1.165) is 25.0 Å². The molecule has 2 fully saturated rings. The normalized spacial score (nSPS) is 27.9. The molecule has 0 aromatic rings. The second-order valence-corrected chi connectivity index (χ2v) is 5.39. The maximum absolute atomic E-state index is 4.17. The van der Waals surface area contributed by atoms with Crippen LogP contribution in [-0.4, -0.2) is 37.1 Å². The van der Waals surface area contributed by atoms with Crippen molar-refractivity contribution in [3.63, 3.8) is 0 Å². The van der Waals surface area contributed by atoms with E-state index in [9.17, 15) is 0 Å². The third-order valence-corrected chi connectivity index (χ3v) is 3.41. The van der Waals surface area contributed by atoms with Crippen LogP contribution >= 0.6 is 0 Å². The van der Waals surface area contributed by atoms with Gasteiger partial charge < -0.3 is 5.32 Å². The second kappa shape index (κ2) is 5.13. The Morgan fingerprint density at radius 3 is 2.87 bits per heavy atom. The molecule has 0 bridgehead atoms. The van der Waals surface area contributed by atoms with Crippen LogP contribution in [0.4, 0.5) is 0 Å². The fourth-order valence-electron chi connectivity index (χ4n) is 2.38. The summed E-state index contributed by atoms with van der Waals surface area (Å²) < 4.78 is 0. The molecule has 1 saturated carbocycles. The van der Waals surface area contributed by atoms with Crippen molar-refractivity contribution < 1.29 is 0 Å². The molecule has 1 heterocycles. The van der Waals surface area contributed by atoms with Gasteiger partial charge in [-0.2, -0.15) is 0 Å². The highest BCUT2D eigenvalue weighted by Gasteiger charge is 2.21. The first-order chi connectivity index (χ1) is 7.24. The minimum atomic E-state index is 0.807. The van der Waals surface area contributed by atoms with Crippen LogP contribution in [0.5, 0.6) is 0 Å². The standard InChI is InChI=1S/C13H24N2/c1-11-4-3-7-15(9-11)10-12(2)8-14-13-5-6-13/h11,13-14H,2-10H2,1H3. The maximum atomic E-state index is 4.17. The lowest BCUT2D eigenvalue weighted by Gasteiger charge is -2.31. The van der Waals surface area contributed by atoms with Crippen LogP contribution in [0, 0.1) is 5.92 Å². The second-order valence-electron chi connectivity index (χ2n) is 5.39. The van der Waals surface area contributed by atoms with Crippen molar-refractivity contribution in [3.05, 3.63) is 12.2 Å². The van der Waals surface area contributed by atoms with E-state index in [2.05, 4.69) is 23.7 Å². The Morgan fingerprint density at radius 1 is 1.40 bits per heavy atom. The fourth-order valence-corrected chi connectivity index (χ4v) is 2.38. The van der Waals surface area contributed by atoms with Crippen LogP contribution < -0.4 is 5.32 Å². The van der Waals surface area contributed by atoms with Crippen molar-refractivity contribution in [2.24, 2.45) is 5.92 Å². The van der Waals surface area contributed by atoms with Crippen molar-refractivity contribution in [3.8, 4) is 0 Å². The Labute approximate surface area is 93.7 Å². The lowest BCUT2D eigenvalue weighted by atomic mass is 10.00. The Kier molecular flexibility index (Phi) is 3.81. The van der Waals surface area contributed by atoms with Crippen molar-refractivity contribution in [1.82, 2.24) is 10.2 Å². The monoisotopic (exact) mass is 208 g/mol. The lowest BCUT2D eigenvalue weighted by molar-refractivity contribution is 0.197. The van der Waals surface area contributed by atoms with Crippen molar-refractivity contribution >= 4 is 0 Å². The minimum Gasteiger partial charge on any atom is -0.310 e. The predicted octanol–water partition coefficient (Wildman–Crippen LogP) is 2.03. The first kappa shape index (κ1) is 11.2. The smallest absolute Gasteiger partial charge is 0.0202 e. The van der Waals surface area contributed by atoms with Gasteiger partial charge in [0.25, 0.3) is 0 Å². The molecule has 0 aromatic heterocycles. The van der Waals surface area contributed by atoms with Crippen molar-refractivity contribution in [1.29, 1.82) is 0 Å². The van der Waals surface area contributed by atoms with Gasteiger partial charge in [0.2, 0.25) is 0 Å². The van der Waals surface area contributed by atoms with E-state index in [1.165, 1.54) is 44.3 Å². The van der Waals surface area contributed by atoms with Gasteiger partial charge in [0.15, 0.2) is 0 Å². The maximum Gasteiger partial charge on any atom is 0.0202 e. The summed E-state index contributed by atoms with van der Waals surface area (Å²) in [6.45, 7) is 11.2. The largest absolute Gasteiger partial charge is 0.310 e. The highest BCUT2D eigenvalue weighted by atomic mass is 15.1. The summed E-state index contributed by atoms with van der Waals surface area (Å²) in [6.07, 6.45) is 5.51. The number of hydrogen-bond acceptors (Lipinski definition) is 2. The first-order valence-corrected chi connectivity index (χ1v) is 6.36. The summed E-state index contributed by atoms with van der Waals surface area (Å²) in [5.41, 5.74) is 1.36. The summed E-state index contributed by atoms with van der Waals surface area (Å²) >= 11 is 0. The molecule has 1 unspecified atom stereocenters. The zero-order valence-electron chi connectivity index (χ0n) is 9.97. The fraction of sp³-hybridized carbons (Fsp3) is 0.846. The van der Waals surface area contributed by atoms with Gasteiger partial charge in [-0.3, -0.25) is 4.90 Å². The Bertz CT molecular complexity index is 221. The van der Waals surface area contributed by atoms with E-state index in [4.69, 9.17) is 0 Å². The molecule has 0 aromatic carbocycles. The Balaban J connectivity index is 1.63. The zero-order chi connectivity index (χ0) is 10.7. The number of nitrogens with one attached hydrogen (secondary N) is 1. The molecule has 86 valence electrons. The van der Waals surface area contributed by atoms with Gasteiger partial charge in [0, 0.05) is 25.7 Å². The molecular formula is C13H24N2. The van der Waals surface area contributed by atoms with Crippen LogP contribution in [0.2, 0.25) is 0 Å². The van der Waals surface area contributed by atoms with Gasteiger partial charge in [-0.15, -0.1) is 0 Å². The molecule has 0 spiro atoms. The molecule has 2 aliphatic rings. The van der Waals surface area contributed by atoms with Crippen LogP contribution in [0.15, 0.2) is 12.2 Å². The molecule has 15 heavy (non-hydrogen) atoms. The van der Waals surface area contributed by atoms with Gasteiger partial charge >= 0.3 is 0 Å². The number of nitrogens with zero attached hydrogens (tertiary/aromatic N) is 1. The molecule has 2 rings (SSSR count). The summed E-state index contributed by atoms with van der Waals surface area (Å²) in [4.78, 5) is 2.56. The SMILES string of the molecule is C=C(CNC1CC1)CN1CCCC(C)C1. The molecule has 1 saturated heterocycles. The van der Waals surface area contributed by atoms with E-state index in [0.29, 0.717) is 0 Å². The van der Waals surface area contributed by atoms with Gasteiger partial charge in [-0.1, -0.05) is 13.5 Å². The third-order valence-electron chi connectivity index (χ3n) is 3.41. The number of likely N-dealkylation sites (tertiary alicyclic amines) is 1. The Morgan fingerprint density at radius 2 is 2.20 bits per heavy atom. The molecule has 0 amide bonds. The highest BCUT2D eigenvalue weighted by Crippen LogP contribution is 2.19. The molecule has 1 aliphatic carbocycles. The number of rotatable bonds is 5. The van der Waals surface area contributed by atoms with E-state index in [1.807, 2.05) is 0 Å². The van der Waals surface area contributed by atoms with Gasteiger partial charge in [-0.05, 0) is 43.7 Å². The molecule has 2 heteroatoms. The van der Waals surface area contributed by atoms with Gasteiger partial charge in [-0.25, -0.2) is 0 Å². The van der Waals surface area contributed by atoms with Crippen LogP contribution in [0.3, 0.4) is 0 Å². The lowest BCUT2D eigenvalue weighted by Crippen LogP contribution is -2.37. The third kappa shape index (κ3) is 3.96. The van der Waals surface area contributed by atoms with Crippen molar-refractivity contribution in [2.45, 2.75) is 38.6 Å². The van der Waals surface area contributed by atoms with E-state index < -0.39 is 0 Å². The van der Waals surface area contributed by atoms with E-state index in [-0.39, 0.29) is 0 Å². The minimum absolute atomic E-state index is 0.807. The zero-order valence-corrected chi connectivity index (χ0v) is 9.97. The average molecular weight is 208 g/mol. The van der Waals surface area contributed by atoms with Gasteiger partial charge in [0.1, 0.15) is 0 Å². The van der Waals surface area contributed by atoms with Crippen LogP contribution in [0.25, 0.3) is 0 Å². The molecule has 1 N–H and O–H groups in total. The van der Waals surface area contributed by atoms with E-state index >= 15 is 0 Å². The Hall–Kier alpha value is -0.340. The summed E-state index contributed by atoms with van der Waals surface area (Å²) in [6, 6.07) is 0.807. The molecule has 2 nitrogen and oxygen atoms in total. The number of piperidine rings is 1. The number of hydrogen-bond donors (Lipinski definition) is 1. The van der Waals surface area contributed by atoms with Crippen LogP contribution in [-0.2, 0) is 0 Å². The summed E-state index contributed by atoms with van der Waals surface area (Å²) in [5, 5.41) is 3.53. The van der Waals surface area contributed by atoms with Crippen LogP contribution in [0.1, 0.15) is 32.6 Å². The summed E-state index contributed by atoms with van der Waals surface area (Å²) in [5.74, 6) is 0.878. The van der Waals surface area contributed by atoms with E-state index in [1.54, 1.807) is 0 Å². The summed E-state index contributed by atoms with van der Waals surface area (Å²) in [7, 11) is 0. The van der Waals surface area contributed by atoms with Gasteiger partial charge in [0.05, 0.1) is 0 Å². The highest BCUT2D eigenvalue weighted by molar-refractivity contribution is 5.02. The topological polar surface area (TPSA) is 15.3 Å². The average Bonchev–Trinajstić information content (AvgIpc) is 2.98.